The molecular weight excluding hydrogens is 384 g/mol. The molecule has 0 aliphatic rings. The molecule has 0 aliphatic carbocycles. The van der Waals surface area contributed by atoms with Crippen LogP contribution in [0.1, 0.15) is 12.5 Å². The van der Waals surface area contributed by atoms with Crippen molar-refractivity contribution >= 4 is 22.0 Å². The molecule has 0 fully saturated rings. The highest BCUT2D eigenvalue weighted by atomic mass is 32.2. The molecule has 0 bridgehead atoms. The van der Waals surface area contributed by atoms with Gasteiger partial charge in [0.25, 0.3) is 15.9 Å². The highest BCUT2D eigenvalue weighted by Gasteiger charge is 2.14. The first-order chi connectivity index (χ1) is 13.4. The Bertz CT molecular complexity index is 939. The Morgan fingerprint density at radius 1 is 1.07 bits per heavy atom. The summed E-state index contributed by atoms with van der Waals surface area (Å²) in [6.07, 6.45) is 2.67. The molecule has 0 aromatic heterocycles. The summed E-state index contributed by atoms with van der Waals surface area (Å²) in [6, 6.07) is 11.0. The Morgan fingerprint density at radius 2 is 1.79 bits per heavy atom. The quantitative estimate of drug-likeness (QED) is 0.488. The zero-order valence-corrected chi connectivity index (χ0v) is 16.6. The zero-order chi connectivity index (χ0) is 20.6. The van der Waals surface area contributed by atoms with E-state index in [-0.39, 0.29) is 4.90 Å². The fraction of sp³-hybridized carbons (Fsp3) is 0.211. The van der Waals surface area contributed by atoms with Gasteiger partial charge in [-0.15, -0.1) is 4.83 Å². The summed E-state index contributed by atoms with van der Waals surface area (Å²) in [7, 11) is -0.916. The van der Waals surface area contributed by atoms with Gasteiger partial charge in [-0.2, -0.15) is 0 Å². The van der Waals surface area contributed by atoms with Gasteiger partial charge in [0.1, 0.15) is 5.75 Å². The second-order valence-electron chi connectivity index (χ2n) is 5.42. The number of hydrazine groups is 1. The monoisotopic (exact) mass is 406 g/mol. The molecule has 0 atom stereocenters. The maximum absolute atomic E-state index is 12.2. The van der Waals surface area contributed by atoms with Crippen LogP contribution in [-0.4, -0.2) is 35.2 Å². The normalized spacial score (nSPS) is 11.2. The van der Waals surface area contributed by atoms with Crippen molar-refractivity contribution in [3.63, 3.8) is 0 Å². The van der Waals surface area contributed by atoms with Crippen LogP contribution in [-0.2, 0) is 14.8 Å². The van der Waals surface area contributed by atoms with Gasteiger partial charge in [-0.3, -0.25) is 10.2 Å². The first-order valence-electron chi connectivity index (χ1n) is 8.35. The number of rotatable bonds is 9. The average molecular weight is 406 g/mol. The topological polar surface area (TPSA) is 103 Å². The molecule has 2 rings (SSSR count). The molecule has 2 N–H and O–H groups in total. The lowest BCUT2D eigenvalue weighted by Crippen LogP contribution is -2.40. The number of ether oxygens (including phenoxy) is 3. The third kappa shape index (κ3) is 5.48. The molecule has 2 aromatic rings. The molecule has 8 nitrogen and oxygen atoms in total. The standard InChI is InChI=1S/C19H22N2O6S/c1-4-27-15-9-11-16(12-10-15)28(23,24)21-20-18(22)13-8-14-6-5-7-17(25-2)19(14)26-3/h5-13,21H,4H2,1-3H3,(H,20,22)/b13-8+. The van der Waals surface area contributed by atoms with E-state index in [4.69, 9.17) is 14.2 Å². The molecule has 9 heteroatoms. The number of para-hydroxylation sites is 1. The Balaban J connectivity index is 2.02. The molecule has 150 valence electrons. The molecule has 2 aromatic carbocycles. The summed E-state index contributed by atoms with van der Waals surface area (Å²) < 4.78 is 40.2. The van der Waals surface area contributed by atoms with E-state index in [2.05, 4.69) is 5.43 Å². The number of amides is 1. The highest BCUT2D eigenvalue weighted by Crippen LogP contribution is 2.31. The minimum Gasteiger partial charge on any atom is -0.494 e. The summed E-state index contributed by atoms with van der Waals surface area (Å²) >= 11 is 0. The number of hydrogen-bond donors (Lipinski definition) is 2. The molecular formula is C19H22N2O6S. The Morgan fingerprint density at radius 3 is 2.39 bits per heavy atom. The molecule has 0 radical (unpaired) electrons. The van der Waals surface area contributed by atoms with Crippen LogP contribution in [0, 0.1) is 0 Å². The van der Waals surface area contributed by atoms with E-state index in [0.717, 1.165) is 0 Å². The number of carbonyl (C=O) groups excluding carboxylic acids is 1. The molecule has 0 heterocycles. The number of hydrogen-bond acceptors (Lipinski definition) is 6. The fourth-order valence-electron chi connectivity index (χ4n) is 2.31. The van der Waals surface area contributed by atoms with Crippen LogP contribution in [0.15, 0.2) is 53.4 Å². The molecule has 0 unspecified atom stereocenters. The smallest absolute Gasteiger partial charge is 0.258 e. The van der Waals surface area contributed by atoms with Crippen molar-refractivity contribution in [1.29, 1.82) is 0 Å². The summed E-state index contributed by atoms with van der Waals surface area (Å²) in [5.41, 5.74) is 2.73. The van der Waals surface area contributed by atoms with Gasteiger partial charge in [-0.1, -0.05) is 12.1 Å². The van der Waals surface area contributed by atoms with Crippen molar-refractivity contribution < 1.29 is 27.4 Å². The molecule has 0 saturated carbocycles. The van der Waals surface area contributed by atoms with E-state index in [0.29, 0.717) is 29.4 Å². The third-order valence-electron chi connectivity index (χ3n) is 3.60. The Labute approximate surface area is 164 Å². The van der Waals surface area contributed by atoms with Crippen LogP contribution < -0.4 is 24.5 Å². The maximum Gasteiger partial charge on any atom is 0.258 e. The Hall–Kier alpha value is -3.04. The highest BCUT2D eigenvalue weighted by molar-refractivity contribution is 7.89. The van der Waals surface area contributed by atoms with Gasteiger partial charge in [-0.05, 0) is 43.3 Å². The largest absolute Gasteiger partial charge is 0.494 e. The van der Waals surface area contributed by atoms with E-state index >= 15 is 0 Å². The molecule has 1 amide bonds. The van der Waals surface area contributed by atoms with Crippen molar-refractivity contribution in [2.24, 2.45) is 0 Å². The van der Waals surface area contributed by atoms with Crippen LogP contribution in [0.3, 0.4) is 0 Å². The molecule has 0 aliphatic heterocycles. The van der Waals surface area contributed by atoms with E-state index in [1.165, 1.54) is 50.6 Å². The van der Waals surface area contributed by atoms with Crippen LogP contribution in [0.2, 0.25) is 0 Å². The molecule has 28 heavy (non-hydrogen) atoms. The number of nitrogens with one attached hydrogen (secondary N) is 2. The van der Waals surface area contributed by atoms with Gasteiger partial charge in [0.2, 0.25) is 0 Å². The van der Waals surface area contributed by atoms with Crippen molar-refractivity contribution in [3.05, 3.63) is 54.1 Å². The summed E-state index contributed by atoms with van der Waals surface area (Å²) in [5.74, 6) is 0.880. The van der Waals surface area contributed by atoms with Crippen molar-refractivity contribution in [2.75, 3.05) is 20.8 Å². The SMILES string of the molecule is CCOc1ccc(S(=O)(=O)NNC(=O)/C=C/c2cccc(OC)c2OC)cc1. The van der Waals surface area contributed by atoms with Crippen LogP contribution in [0.5, 0.6) is 17.2 Å². The van der Waals surface area contributed by atoms with E-state index < -0.39 is 15.9 Å². The van der Waals surface area contributed by atoms with Crippen molar-refractivity contribution in [3.8, 4) is 17.2 Å². The van der Waals surface area contributed by atoms with Gasteiger partial charge in [-0.25, -0.2) is 8.42 Å². The summed E-state index contributed by atoms with van der Waals surface area (Å²) in [6.45, 7) is 2.31. The van der Waals surface area contributed by atoms with Crippen LogP contribution >= 0.6 is 0 Å². The lowest BCUT2D eigenvalue weighted by molar-refractivity contribution is -0.116. The van der Waals surface area contributed by atoms with Gasteiger partial charge in [0, 0.05) is 11.6 Å². The van der Waals surface area contributed by atoms with Crippen LogP contribution in [0.4, 0.5) is 0 Å². The number of sulfonamides is 1. The van der Waals surface area contributed by atoms with Crippen molar-refractivity contribution in [1.82, 2.24) is 10.3 Å². The summed E-state index contributed by atoms with van der Waals surface area (Å²) in [5, 5.41) is 0. The summed E-state index contributed by atoms with van der Waals surface area (Å²) in [4.78, 5) is 14.0. The Kier molecular flexibility index (Phi) is 7.42. The minimum absolute atomic E-state index is 0.00491. The van der Waals surface area contributed by atoms with E-state index in [1.54, 1.807) is 18.2 Å². The van der Waals surface area contributed by atoms with E-state index in [9.17, 15) is 13.2 Å². The van der Waals surface area contributed by atoms with Gasteiger partial charge < -0.3 is 14.2 Å². The van der Waals surface area contributed by atoms with Crippen LogP contribution in [0.25, 0.3) is 6.08 Å². The second kappa shape index (κ2) is 9.77. The lowest BCUT2D eigenvalue weighted by Gasteiger charge is -2.10. The predicted molar refractivity (Wildman–Crippen MR) is 105 cm³/mol. The number of methoxy groups -OCH3 is 2. The maximum atomic E-state index is 12.2. The zero-order valence-electron chi connectivity index (χ0n) is 15.8. The minimum atomic E-state index is -3.91. The lowest BCUT2D eigenvalue weighted by atomic mass is 10.1. The van der Waals surface area contributed by atoms with Gasteiger partial charge in [0.15, 0.2) is 11.5 Å². The predicted octanol–water partition coefficient (Wildman–Crippen LogP) is 2.13. The number of benzene rings is 2. The fourth-order valence-corrected chi connectivity index (χ4v) is 3.16. The first kappa shape index (κ1) is 21.3. The average Bonchev–Trinajstić information content (AvgIpc) is 2.71. The molecule has 0 spiro atoms. The first-order valence-corrected chi connectivity index (χ1v) is 9.83. The van der Waals surface area contributed by atoms with Gasteiger partial charge in [0.05, 0.1) is 25.7 Å². The third-order valence-corrected chi connectivity index (χ3v) is 4.86. The second-order valence-corrected chi connectivity index (χ2v) is 7.10. The van der Waals surface area contributed by atoms with Crippen molar-refractivity contribution in [2.45, 2.75) is 11.8 Å². The number of carbonyl (C=O) groups is 1. The van der Waals surface area contributed by atoms with Gasteiger partial charge >= 0.3 is 0 Å². The molecule has 0 saturated heterocycles. The van der Waals surface area contributed by atoms with E-state index in [1.807, 2.05) is 11.8 Å².